The topological polar surface area (TPSA) is 0 Å². The molecule has 1 aliphatic carbocycles. The molecule has 1 atom stereocenters. The minimum atomic E-state index is 0.821. The molecule has 0 aromatic heterocycles. The van der Waals surface area contributed by atoms with Crippen LogP contribution in [0.1, 0.15) is 59.8 Å². The molecule has 0 saturated carbocycles. The van der Waals surface area contributed by atoms with Crippen LogP contribution in [0.2, 0.25) is 0 Å². The van der Waals surface area contributed by atoms with Gasteiger partial charge >= 0.3 is 0 Å². The highest BCUT2D eigenvalue weighted by molar-refractivity contribution is 5.06. The second-order valence-electron chi connectivity index (χ2n) is 5.42. The molecule has 0 spiro atoms. The minimum absolute atomic E-state index is 0.821. The van der Waals surface area contributed by atoms with Crippen molar-refractivity contribution in [2.24, 2.45) is 11.8 Å². The van der Waals surface area contributed by atoms with E-state index < -0.39 is 0 Å². The molecule has 0 N–H and O–H groups in total. The van der Waals surface area contributed by atoms with Gasteiger partial charge in [-0.15, -0.1) is 0 Å². The van der Waals surface area contributed by atoms with Gasteiger partial charge in [-0.3, -0.25) is 0 Å². The first-order valence-electron chi connectivity index (χ1n) is 6.41. The normalized spacial score (nSPS) is 31.7. The standard InChI is InChI=1S/C15H26/c1-12(2)15-10-8-13(3)6-5-7-14(4)9-11-15/h6,9,12,15H,5,7-8,10-11H2,1-4H3/b13-6+,14-9+/t15-/m0/s1. The molecule has 0 bridgehead atoms. The third kappa shape index (κ3) is 4.68. The Balaban J connectivity index is 2.66. The summed E-state index contributed by atoms with van der Waals surface area (Å²) in [6.07, 6.45) is 11.3. The molecule has 0 fully saturated rings. The van der Waals surface area contributed by atoms with Crippen LogP contribution in [0.3, 0.4) is 0 Å². The van der Waals surface area contributed by atoms with E-state index in [0.717, 1.165) is 11.8 Å². The van der Waals surface area contributed by atoms with E-state index in [0.29, 0.717) is 0 Å². The lowest BCUT2D eigenvalue weighted by Gasteiger charge is -2.20. The molecule has 0 saturated heterocycles. The van der Waals surface area contributed by atoms with E-state index in [1.165, 1.54) is 32.1 Å². The van der Waals surface area contributed by atoms with Crippen LogP contribution in [-0.2, 0) is 0 Å². The van der Waals surface area contributed by atoms with Crippen molar-refractivity contribution in [2.75, 3.05) is 0 Å². The summed E-state index contributed by atoms with van der Waals surface area (Å²) in [6, 6.07) is 0. The Morgan fingerprint density at radius 3 is 2.40 bits per heavy atom. The van der Waals surface area contributed by atoms with Crippen LogP contribution in [0, 0.1) is 11.8 Å². The highest BCUT2D eigenvalue weighted by atomic mass is 14.2. The molecule has 0 aromatic carbocycles. The fourth-order valence-electron chi connectivity index (χ4n) is 2.24. The first kappa shape index (κ1) is 12.5. The summed E-state index contributed by atoms with van der Waals surface area (Å²) in [4.78, 5) is 0. The van der Waals surface area contributed by atoms with Gasteiger partial charge in [-0.25, -0.2) is 0 Å². The van der Waals surface area contributed by atoms with Crippen molar-refractivity contribution in [1.82, 2.24) is 0 Å². The first-order valence-corrected chi connectivity index (χ1v) is 6.41. The Morgan fingerprint density at radius 1 is 1.07 bits per heavy atom. The van der Waals surface area contributed by atoms with E-state index in [9.17, 15) is 0 Å². The Kier molecular flexibility index (Phi) is 5.14. The van der Waals surface area contributed by atoms with E-state index in [-0.39, 0.29) is 0 Å². The zero-order valence-electron chi connectivity index (χ0n) is 10.8. The smallest absolute Gasteiger partial charge is 0.0288 e. The lowest BCUT2D eigenvalue weighted by atomic mass is 9.85. The molecule has 0 heteroatoms. The lowest BCUT2D eigenvalue weighted by molar-refractivity contribution is 0.361. The maximum absolute atomic E-state index is 2.47. The molecule has 0 nitrogen and oxygen atoms in total. The van der Waals surface area contributed by atoms with Crippen molar-refractivity contribution in [1.29, 1.82) is 0 Å². The van der Waals surface area contributed by atoms with Gasteiger partial charge < -0.3 is 0 Å². The SMILES string of the molecule is C/C1=C\C[C@@H](C(C)C)CC/C(C)=C/CC1. The highest BCUT2D eigenvalue weighted by Crippen LogP contribution is 2.26. The molecular weight excluding hydrogens is 180 g/mol. The van der Waals surface area contributed by atoms with Gasteiger partial charge in [0.25, 0.3) is 0 Å². The third-order valence-corrected chi connectivity index (χ3v) is 3.65. The van der Waals surface area contributed by atoms with Crippen molar-refractivity contribution < 1.29 is 0 Å². The highest BCUT2D eigenvalue weighted by Gasteiger charge is 2.12. The van der Waals surface area contributed by atoms with E-state index >= 15 is 0 Å². The number of allylic oxidation sites excluding steroid dienone is 4. The predicted octanol–water partition coefficient (Wildman–Crippen LogP) is 5.12. The Hall–Kier alpha value is -0.520. The van der Waals surface area contributed by atoms with Crippen molar-refractivity contribution >= 4 is 0 Å². The molecule has 0 aromatic rings. The maximum Gasteiger partial charge on any atom is -0.0288 e. The predicted molar refractivity (Wildman–Crippen MR) is 68.9 cm³/mol. The summed E-state index contributed by atoms with van der Waals surface area (Å²) >= 11 is 0. The van der Waals surface area contributed by atoms with E-state index in [1.54, 1.807) is 11.1 Å². The summed E-state index contributed by atoms with van der Waals surface area (Å²) in [7, 11) is 0. The monoisotopic (exact) mass is 206 g/mol. The fourth-order valence-corrected chi connectivity index (χ4v) is 2.24. The quantitative estimate of drug-likeness (QED) is 0.523. The summed E-state index contributed by atoms with van der Waals surface area (Å²) in [5, 5.41) is 0. The Labute approximate surface area is 95.5 Å². The van der Waals surface area contributed by atoms with Gasteiger partial charge in [0, 0.05) is 0 Å². The molecule has 15 heavy (non-hydrogen) atoms. The van der Waals surface area contributed by atoms with E-state index in [2.05, 4.69) is 39.8 Å². The van der Waals surface area contributed by atoms with Crippen LogP contribution in [0.5, 0.6) is 0 Å². The van der Waals surface area contributed by atoms with Gasteiger partial charge in [0.1, 0.15) is 0 Å². The summed E-state index contributed by atoms with van der Waals surface area (Å²) < 4.78 is 0. The van der Waals surface area contributed by atoms with Gasteiger partial charge in [0.2, 0.25) is 0 Å². The van der Waals surface area contributed by atoms with Gasteiger partial charge in [-0.05, 0) is 57.8 Å². The molecule has 0 heterocycles. The zero-order valence-corrected chi connectivity index (χ0v) is 10.8. The van der Waals surface area contributed by atoms with Gasteiger partial charge in [0.15, 0.2) is 0 Å². The average molecular weight is 206 g/mol. The molecule has 1 aliphatic rings. The molecule has 0 amide bonds. The van der Waals surface area contributed by atoms with Crippen LogP contribution in [0.4, 0.5) is 0 Å². The molecular formula is C15H26. The van der Waals surface area contributed by atoms with Crippen LogP contribution < -0.4 is 0 Å². The first-order chi connectivity index (χ1) is 7.09. The largest absolute Gasteiger partial charge is 0.0853 e. The fraction of sp³-hybridized carbons (Fsp3) is 0.733. The minimum Gasteiger partial charge on any atom is -0.0853 e. The lowest BCUT2D eigenvalue weighted by Crippen LogP contribution is -2.08. The van der Waals surface area contributed by atoms with Crippen LogP contribution in [0.15, 0.2) is 23.3 Å². The molecule has 0 radical (unpaired) electrons. The number of rotatable bonds is 1. The molecule has 86 valence electrons. The second kappa shape index (κ2) is 6.15. The van der Waals surface area contributed by atoms with Gasteiger partial charge in [-0.2, -0.15) is 0 Å². The number of hydrogen-bond acceptors (Lipinski definition) is 0. The van der Waals surface area contributed by atoms with Crippen molar-refractivity contribution in [2.45, 2.75) is 59.8 Å². The van der Waals surface area contributed by atoms with E-state index in [4.69, 9.17) is 0 Å². The molecule has 0 unspecified atom stereocenters. The molecule has 1 rings (SSSR count). The summed E-state index contributed by atoms with van der Waals surface area (Å²) in [6.45, 7) is 9.29. The summed E-state index contributed by atoms with van der Waals surface area (Å²) in [5.74, 6) is 1.70. The van der Waals surface area contributed by atoms with Gasteiger partial charge in [-0.1, -0.05) is 37.1 Å². The Bertz CT molecular complexity index is 243. The van der Waals surface area contributed by atoms with Crippen LogP contribution in [0.25, 0.3) is 0 Å². The average Bonchev–Trinajstić information content (AvgIpc) is 2.16. The van der Waals surface area contributed by atoms with Crippen molar-refractivity contribution in [3.63, 3.8) is 0 Å². The van der Waals surface area contributed by atoms with Crippen molar-refractivity contribution in [3.8, 4) is 0 Å². The van der Waals surface area contributed by atoms with Crippen molar-refractivity contribution in [3.05, 3.63) is 23.3 Å². The van der Waals surface area contributed by atoms with Crippen LogP contribution in [-0.4, -0.2) is 0 Å². The van der Waals surface area contributed by atoms with Crippen LogP contribution >= 0.6 is 0 Å². The molecule has 0 aliphatic heterocycles. The second-order valence-corrected chi connectivity index (χ2v) is 5.42. The third-order valence-electron chi connectivity index (χ3n) is 3.65. The van der Waals surface area contributed by atoms with E-state index in [1.807, 2.05) is 0 Å². The Morgan fingerprint density at radius 2 is 1.73 bits per heavy atom. The van der Waals surface area contributed by atoms with Gasteiger partial charge in [0.05, 0.1) is 0 Å². The summed E-state index contributed by atoms with van der Waals surface area (Å²) in [5.41, 5.74) is 3.17. The zero-order chi connectivity index (χ0) is 11.3. The number of hydrogen-bond donors (Lipinski definition) is 0. The maximum atomic E-state index is 2.47.